The summed E-state index contributed by atoms with van der Waals surface area (Å²) in [6.07, 6.45) is -2.82. The highest BCUT2D eigenvalue weighted by Gasteiger charge is 2.20. The Balaban J connectivity index is 3.25. The fraction of sp³-hybridized carbons (Fsp3) is 0.333. The van der Waals surface area contributed by atoms with E-state index in [-0.39, 0.29) is 5.69 Å². The molecular weight excluding hydrogens is 211 g/mol. The lowest BCUT2D eigenvalue weighted by Crippen LogP contribution is -2.10. The molecular formula is C9H8F3NO2. The number of pyridine rings is 1. The van der Waals surface area contributed by atoms with Crippen molar-refractivity contribution in [3.63, 3.8) is 0 Å². The number of hydrogen-bond acceptors (Lipinski definition) is 3. The number of aryl methyl sites for hydroxylation is 1. The van der Waals surface area contributed by atoms with Crippen molar-refractivity contribution >= 4 is 5.97 Å². The number of nitrogens with zero attached hydrogens (tertiary/aromatic N) is 1. The summed E-state index contributed by atoms with van der Waals surface area (Å²) in [7, 11) is 1.06. The molecule has 6 heteroatoms. The van der Waals surface area contributed by atoms with E-state index in [1.807, 2.05) is 0 Å². The maximum absolute atomic E-state index is 13.1. The molecule has 0 aromatic carbocycles. The number of hydrogen-bond donors (Lipinski definition) is 0. The SMILES string of the molecule is COC(=O)c1nc(C)c(C(F)F)cc1F. The minimum Gasteiger partial charge on any atom is -0.464 e. The number of halogens is 3. The Morgan fingerprint density at radius 1 is 1.53 bits per heavy atom. The van der Waals surface area contributed by atoms with Crippen LogP contribution in [0.1, 0.15) is 28.2 Å². The van der Waals surface area contributed by atoms with Crippen molar-refractivity contribution in [2.45, 2.75) is 13.3 Å². The van der Waals surface area contributed by atoms with Gasteiger partial charge in [0.25, 0.3) is 6.43 Å². The number of esters is 1. The minimum absolute atomic E-state index is 0.0909. The molecule has 0 fully saturated rings. The fourth-order valence-electron chi connectivity index (χ4n) is 1.06. The molecule has 0 amide bonds. The fourth-order valence-corrected chi connectivity index (χ4v) is 1.06. The van der Waals surface area contributed by atoms with E-state index < -0.39 is 29.5 Å². The molecule has 3 nitrogen and oxygen atoms in total. The lowest BCUT2D eigenvalue weighted by Gasteiger charge is -2.06. The predicted octanol–water partition coefficient (Wildman–Crippen LogP) is 2.25. The topological polar surface area (TPSA) is 39.2 Å². The Bertz CT molecular complexity index is 393. The van der Waals surface area contributed by atoms with Crippen molar-refractivity contribution in [3.05, 3.63) is 28.8 Å². The van der Waals surface area contributed by atoms with E-state index in [1.54, 1.807) is 0 Å². The molecule has 0 unspecified atom stereocenters. The number of ether oxygens (including phenoxy) is 1. The Hall–Kier alpha value is -1.59. The number of aromatic nitrogens is 1. The highest BCUT2D eigenvalue weighted by Crippen LogP contribution is 2.23. The number of carbonyl (C=O) groups is 1. The highest BCUT2D eigenvalue weighted by molar-refractivity contribution is 5.87. The molecule has 0 atom stereocenters. The first kappa shape index (κ1) is 11.5. The van der Waals surface area contributed by atoms with Crippen molar-refractivity contribution in [1.82, 2.24) is 4.98 Å². The second-order valence-corrected chi connectivity index (χ2v) is 2.79. The average Bonchev–Trinajstić information content (AvgIpc) is 2.19. The van der Waals surface area contributed by atoms with Crippen LogP contribution < -0.4 is 0 Å². The van der Waals surface area contributed by atoms with Crippen LogP contribution in [0.5, 0.6) is 0 Å². The third-order valence-electron chi connectivity index (χ3n) is 1.82. The molecule has 0 aliphatic heterocycles. The summed E-state index contributed by atoms with van der Waals surface area (Å²) >= 11 is 0. The van der Waals surface area contributed by atoms with Gasteiger partial charge in [-0.05, 0) is 13.0 Å². The first-order chi connectivity index (χ1) is 6.97. The molecule has 1 heterocycles. The molecule has 0 saturated heterocycles. The monoisotopic (exact) mass is 219 g/mol. The van der Waals surface area contributed by atoms with Gasteiger partial charge in [-0.15, -0.1) is 0 Å². The van der Waals surface area contributed by atoms with E-state index >= 15 is 0 Å². The summed E-state index contributed by atoms with van der Waals surface area (Å²) in [6.45, 7) is 1.27. The number of carbonyl (C=O) groups excluding carboxylic acids is 1. The van der Waals surface area contributed by atoms with Gasteiger partial charge in [-0.3, -0.25) is 0 Å². The standard InChI is InChI=1S/C9H8F3NO2/c1-4-5(8(11)12)3-6(10)7(13-4)9(14)15-2/h3,8H,1-2H3. The van der Waals surface area contributed by atoms with Gasteiger partial charge in [-0.2, -0.15) is 0 Å². The van der Waals surface area contributed by atoms with Gasteiger partial charge >= 0.3 is 5.97 Å². The van der Waals surface area contributed by atoms with Crippen LogP contribution in [0.2, 0.25) is 0 Å². The Labute approximate surface area is 83.9 Å². The zero-order valence-corrected chi connectivity index (χ0v) is 8.05. The van der Waals surface area contributed by atoms with Gasteiger partial charge in [0.1, 0.15) is 0 Å². The van der Waals surface area contributed by atoms with Crippen LogP contribution in [-0.2, 0) is 4.74 Å². The maximum atomic E-state index is 13.1. The average molecular weight is 219 g/mol. The van der Waals surface area contributed by atoms with E-state index in [4.69, 9.17) is 0 Å². The van der Waals surface area contributed by atoms with Crippen LogP contribution in [0, 0.1) is 12.7 Å². The lowest BCUT2D eigenvalue weighted by molar-refractivity contribution is 0.0587. The first-order valence-corrected chi connectivity index (χ1v) is 4.01. The summed E-state index contributed by atoms with van der Waals surface area (Å²) in [5.41, 5.74) is -1.20. The third kappa shape index (κ3) is 2.26. The van der Waals surface area contributed by atoms with Gasteiger partial charge in [0, 0.05) is 11.3 Å². The van der Waals surface area contributed by atoms with Crippen molar-refractivity contribution in [2.24, 2.45) is 0 Å². The van der Waals surface area contributed by atoms with E-state index in [0.29, 0.717) is 6.07 Å². The molecule has 0 aliphatic carbocycles. The second kappa shape index (κ2) is 4.29. The molecule has 1 aromatic heterocycles. The van der Waals surface area contributed by atoms with Crippen LogP contribution in [0.3, 0.4) is 0 Å². The normalized spacial score (nSPS) is 10.5. The van der Waals surface area contributed by atoms with Crippen LogP contribution in [-0.4, -0.2) is 18.1 Å². The number of alkyl halides is 2. The van der Waals surface area contributed by atoms with E-state index in [9.17, 15) is 18.0 Å². The Kier molecular flexibility index (Phi) is 3.28. The van der Waals surface area contributed by atoms with Gasteiger partial charge < -0.3 is 4.74 Å². The molecule has 82 valence electrons. The number of rotatable bonds is 2. The maximum Gasteiger partial charge on any atom is 0.359 e. The van der Waals surface area contributed by atoms with Crippen LogP contribution in [0.15, 0.2) is 6.07 Å². The molecule has 0 radical (unpaired) electrons. The van der Waals surface area contributed by atoms with Gasteiger partial charge in [0.05, 0.1) is 7.11 Å². The second-order valence-electron chi connectivity index (χ2n) is 2.79. The molecule has 0 saturated carbocycles. The van der Waals surface area contributed by atoms with Crippen molar-refractivity contribution < 1.29 is 22.7 Å². The highest BCUT2D eigenvalue weighted by atomic mass is 19.3. The summed E-state index contributed by atoms with van der Waals surface area (Å²) in [4.78, 5) is 14.4. The molecule has 0 bridgehead atoms. The molecule has 15 heavy (non-hydrogen) atoms. The third-order valence-corrected chi connectivity index (χ3v) is 1.82. The van der Waals surface area contributed by atoms with E-state index in [1.165, 1.54) is 6.92 Å². The summed E-state index contributed by atoms with van der Waals surface area (Å²) in [5, 5.41) is 0. The van der Waals surface area contributed by atoms with Crippen molar-refractivity contribution in [3.8, 4) is 0 Å². The van der Waals surface area contributed by atoms with E-state index in [2.05, 4.69) is 9.72 Å². The molecule has 1 aromatic rings. The zero-order valence-electron chi connectivity index (χ0n) is 8.05. The van der Waals surface area contributed by atoms with Crippen molar-refractivity contribution in [1.29, 1.82) is 0 Å². The van der Waals surface area contributed by atoms with E-state index in [0.717, 1.165) is 7.11 Å². The molecule has 0 spiro atoms. The van der Waals surface area contributed by atoms with Crippen molar-refractivity contribution in [2.75, 3.05) is 7.11 Å². The lowest BCUT2D eigenvalue weighted by atomic mass is 10.2. The minimum atomic E-state index is -2.82. The first-order valence-electron chi connectivity index (χ1n) is 4.01. The molecule has 0 N–H and O–H groups in total. The quantitative estimate of drug-likeness (QED) is 0.716. The Morgan fingerprint density at radius 2 is 2.13 bits per heavy atom. The van der Waals surface area contributed by atoms with Gasteiger partial charge in [-0.1, -0.05) is 0 Å². The van der Waals surface area contributed by atoms with Gasteiger partial charge in [-0.25, -0.2) is 22.9 Å². The van der Waals surface area contributed by atoms with Gasteiger partial charge in [0.2, 0.25) is 0 Å². The van der Waals surface area contributed by atoms with Crippen LogP contribution >= 0.6 is 0 Å². The molecule has 0 aliphatic rings. The smallest absolute Gasteiger partial charge is 0.359 e. The molecule has 1 rings (SSSR count). The Morgan fingerprint density at radius 3 is 2.60 bits per heavy atom. The van der Waals surface area contributed by atoms with Crippen LogP contribution in [0.25, 0.3) is 0 Å². The predicted molar refractivity (Wildman–Crippen MR) is 45.2 cm³/mol. The summed E-state index contributed by atoms with van der Waals surface area (Å²) in [5.74, 6) is -2.10. The van der Waals surface area contributed by atoms with Gasteiger partial charge in [0.15, 0.2) is 11.5 Å². The number of methoxy groups -OCH3 is 1. The summed E-state index contributed by atoms with van der Waals surface area (Å²) in [6, 6.07) is 0.596. The van der Waals surface area contributed by atoms with Crippen LogP contribution in [0.4, 0.5) is 13.2 Å². The zero-order chi connectivity index (χ0) is 11.6. The summed E-state index contributed by atoms with van der Waals surface area (Å²) < 4.78 is 42.0. The largest absolute Gasteiger partial charge is 0.464 e.